The molecule has 0 amide bonds. The van der Waals surface area contributed by atoms with Crippen LogP contribution < -0.4 is 0 Å². The van der Waals surface area contributed by atoms with E-state index in [4.69, 9.17) is 4.74 Å². The van der Waals surface area contributed by atoms with Crippen LogP contribution in [0, 0.1) is 5.41 Å². The largest absolute Gasteiger partial charge is 0.465 e. The smallest absolute Gasteiger partial charge is 0.311 e. The normalized spacial score (nSPS) is 13.1. The Morgan fingerprint density at radius 2 is 0.703 bits per heavy atom. The average molecular weight is 523 g/mol. The second kappa shape index (κ2) is 28.5. The summed E-state index contributed by atoms with van der Waals surface area (Å²) in [5, 5.41) is 0. The van der Waals surface area contributed by atoms with Gasteiger partial charge in [-0.15, -0.1) is 0 Å². The van der Waals surface area contributed by atoms with E-state index in [1.165, 1.54) is 154 Å². The number of hydrogen-bond donors (Lipinski definition) is 0. The molecule has 0 rings (SSSR count). The molecular weight excluding hydrogens is 452 g/mol. The third-order valence-electron chi connectivity index (χ3n) is 8.39. The molecule has 37 heavy (non-hydrogen) atoms. The van der Waals surface area contributed by atoms with E-state index in [2.05, 4.69) is 27.7 Å². The zero-order valence-corrected chi connectivity index (χ0v) is 26.3. The fraction of sp³-hybridized carbons (Fsp3) is 0.971. The van der Waals surface area contributed by atoms with Crippen LogP contribution in [0.3, 0.4) is 0 Å². The molecular formula is C35H70O2. The van der Waals surface area contributed by atoms with Gasteiger partial charge in [0.25, 0.3) is 0 Å². The lowest BCUT2D eigenvalue weighted by molar-refractivity contribution is -0.156. The van der Waals surface area contributed by atoms with Crippen LogP contribution in [0.5, 0.6) is 0 Å². The van der Waals surface area contributed by atoms with Gasteiger partial charge in [-0.3, -0.25) is 4.79 Å². The topological polar surface area (TPSA) is 26.3 Å². The third-order valence-corrected chi connectivity index (χ3v) is 8.39. The monoisotopic (exact) mass is 523 g/mol. The Morgan fingerprint density at radius 3 is 1.05 bits per heavy atom. The van der Waals surface area contributed by atoms with Crippen LogP contribution in [-0.2, 0) is 9.53 Å². The number of carbonyl (C=O) groups is 1. The second-order valence-electron chi connectivity index (χ2n) is 12.3. The van der Waals surface area contributed by atoms with Gasteiger partial charge in [0.15, 0.2) is 0 Å². The van der Waals surface area contributed by atoms with E-state index in [0.717, 1.165) is 25.7 Å². The van der Waals surface area contributed by atoms with Crippen molar-refractivity contribution < 1.29 is 9.53 Å². The summed E-state index contributed by atoms with van der Waals surface area (Å²) >= 11 is 0. The molecule has 0 aliphatic heterocycles. The molecule has 0 aromatic rings. The van der Waals surface area contributed by atoms with Gasteiger partial charge in [-0.1, -0.05) is 181 Å². The lowest BCUT2D eigenvalue weighted by Gasteiger charge is -2.27. The van der Waals surface area contributed by atoms with Crippen molar-refractivity contribution in [1.29, 1.82) is 0 Å². The minimum atomic E-state index is -0.273. The van der Waals surface area contributed by atoms with Gasteiger partial charge in [0.1, 0.15) is 0 Å². The van der Waals surface area contributed by atoms with E-state index in [1.807, 2.05) is 0 Å². The van der Waals surface area contributed by atoms with E-state index in [9.17, 15) is 4.79 Å². The Balaban J connectivity index is 3.99. The summed E-state index contributed by atoms with van der Waals surface area (Å²) in [6.07, 6.45) is 36.6. The summed E-state index contributed by atoms with van der Waals surface area (Å²) in [7, 11) is 0. The molecule has 0 aromatic carbocycles. The Kier molecular flexibility index (Phi) is 28.1. The highest BCUT2D eigenvalue weighted by molar-refractivity contribution is 5.76. The van der Waals surface area contributed by atoms with Crippen molar-refractivity contribution in [2.75, 3.05) is 6.61 Å². The highest BCUT2D eigenvalue weighted by Gasteiger charge is 2.33. The predicted octanol–water partition coefficient (Wildman–Crippen LogP) is 12.5. The molecule has 0 spiro atoms. The van der Waals surface area contributed by atoms with Gasteiger partial charge in [-0.2, -0.15) is 0 Å². The molecule has 1 atom stereocenters. The lowest BCUT2D eigenvalue weighted by Crippen LogP contribution is -2.30. The lowest BCUT2D eigenvalue weighted by atomic mass is 9.79. The maximum atomic E-state index is 13.1. The predicted molar refractivity (Wildman–Crippen MR) is 165 cm³/mol. The van der Waals surface area contributed by atoms with E-state index in [-0.39, 0.29) is 11.4 Å². The number of carbonyl (C=O) groups excluding carboxylic acids is 1. The number of unbranched alkanes of at least 4 members (excludes halogenated alkanes) is 23. The first-order valence-electron chi connectivity index (χ1n) is 17.3. The second-order valence-corrected chi connectivity index (χ2v) is 12.3. The van der Waals surface area contributed by atoms with Crippen LogP contribution in [0.1, 0.15) is 207 Å². The molecule has 0 aromatic heterocycles. The van der Waals surface area contributed by atoms with Gasteiger partial charge in [0.2, 0.25) is 0 Å². The highest BCUT2D eigenvalue weighted by atomic mass is 16.5. The van der Waals surface area contributed by atoms with Gasteiger partial charge in [0, 0.05) is 0 Å². The van der Waals surface area contributed by atoms with Crippen molar-refractivity contribution in [2.24, 2.45) is 5.41 Å². The van der Waals surface area contributed by atoms with Crippen molar-refractivity contribution in [3.05, 3.63) is 0 Å². The molecule has 0 aliphatic rings. The number of esters is 1. The van der Waals surface area contributed by atoms with Gasteiger partial charge >= 0.3 is 5.97 Å². The van der Waals surface area contributed by atoms with Crippen LogP contribution >= 0.6 is 0 Å². The molecule has 0 saturated heterocycles. The highest BCUT2D eigenvalue weighted by Crippen LogP contribution is 2.33. The Morgan fingerprint density at radius 1 is 0.432 bits per heavy atom. The standard InChI is InChI=1S/C35H70O2/c1-5-8-11-14-16-18-19-20-21-22-23-24-26-29-32-35(4,31-28-13-10-7-3)34(36)37-33-30-27-25-17-15-12-9-6-2/h5-33H2,1-4H3. The molecule has 222 valence electrons. The molecule has 0 bridgehead atoms. The molecule has 0 N–H and O–H groups in total. The van der Waals surface area contributed by atoms with Gasteiger partial charge < -0.3 is 4.74 Å². The van der Waals surface area contributed by atoms with E-state index < -0.39 is 0 Å². The molecule has 0 heterocycles. The number of hydrogen-bond acceptors (Lipinski definition) is 2. The van der Waals surface area contributed by atoms with Crippen molar-refractivity contribution in [3.63, 3.8) is 0 Å². The number of rotatable bonds is 30. The third kappa shape index (κ3) is 24.3. The average Bonchev–Trinajstić information content (AvgIpc) is 2.90. The summed E-state index contributed by atoms with van der Waals surface area (Å²) in [5.74, 6) is 0.0849. The van der Waals surface area contributed by atoms with Crippen molar-refractivity contribution in [3.8, 4) is 0 Å². The summed E-state index contributed by atoms with van der Waals surface area (Å²) in [6.45, 7) is 9.63. The first kappa shape index (κ1) is 36.5. The summed E-state index contributed by atoms with van der Waals surface area (Å²) in [6, 6.07) is 0. The van der Waals surface area contributed by atoms with Crippen LogP contribution in [0.25, 0.3) is 0 Å². The van der Waals surface area contributed by atoms with Crippen LogP contribution in [0.4, 0.5) is 0 Å². The van der Waals surface area contributed by atoms with E-state index in [0.29, 0.717) is 6.61 Å². The van der Waals surface area contributed by atoms with Gasteiger partial charge in [-0.25, -0.2) is 0 Å². The first-order chi connectivity index (χ1) is 18.1. The minimum absolute atomic E-state index is 0.0849. The Bertz CT molecular complexity index is 460. The number of ether oxygens (including phenoxy) is 1. The zero-order chi connectivity index (χ0) is 27.3. The fourth-order valence-corrected chi connectivity index (χ4v) is 5.56. The molecule has 0 radical (unpaired) electrons. The summed E-state index contributed by atoms with van der Waals surface area (Å²) < 4.78 is 5.84. The summed E-state index contributed by atoms with van der Waals surface area (Å²) in [5.41, 5.74) is -0.273. The Hall–Kier alpha value is -0.530. The van der Waals surface area contributed by atoms with E-state index in [1.54, 1.807) is 0 Å². The molecule has 0 aliphatic carbocycles. The van der Waals surface area contributed by atoms with Crippen LogP contribution in [0.2, 0.25) is 0 Å². The summed E-state index contributed by atoms with van der Waals surface area (Å²) in [4.78, 5) is 13.1. The maximum absolute atomic E-state index is 13.1. The van der Waals surface area contributed by atoms with Crippen molar-refractivity contribution in [1.82, 2.24) is 0 Å². The van der Waals surface area contributed by atoms with Gasteiger partial charge in [-0.05, 0) is 26.2 Å². The SMILES string of the molecule is CCCCCCCCCCCCCCCCC(C)(CCCCCC)C(=O)OCCCCCCCCCC. The fourth-order valence-electron chi connectivity index (χ4n) is 5.56. The van der Waals surface area contributed by atoms with Crippen LogP contribution in [-0.4, -0.2) is 12.6 Å². The molecule has 1 unspecified atom stereocenters. The molecule has 2 heteroatoms. The maximum Gasteiger partial charge on any atom is 0.311 e. The quantitative estimate of drug-likeness (QED) is 0.0692. The minimum Gasteiger partial charge on any atom is -0.465 e. The van der Waals surface area contributed by atoms with Crippen LogP contribution in [0.15, 0.2) is 0 Å². The Labute approximate surface area is 234 Å². The molecule has 0 saturated carbocycles. The molecule has 0 fully saturated rings. The van der Waals surface area contributed by atoms with Gasteiger partial charge in [0.05, 0.1) is 12.0 Å². The van der Waals surface area contributed by atoms with Crippen molar-refractivity contribution in [2.45, 2.75) is 207 Å². The first-order valence-corrected chi connectivity index (χ1v) is 17.3. The van der Waals surface area contributed by atoms with E-state index >= 15 is 0 Å². The zero-order valence-electron chi connectivity index (χ0n) is 26.3. The van der Waals surface area contributed by atoms with Crippen molar-refractivity contribution >= 4 is 5.97 Å². The molecule has 2 nitrogen and oxygen atoms in total.